The van der Waals surface area contributed by atoms with E-state index in [9.17, 15) is 5.11 Å². The van der Waals surface area contributed by atoms with Gasteiger partial charge in [0.1, 0.15) is 0 Å². The molecule has 2 N–H and O–H groups in total. The van der Waals surface area contributed by atoms with E-state index in [2.05, 4.69) is 16.4 Å². The number of aliphatic hydroxyl groups excluding tert-OH is 1. The Labute approximate surface area is 115 Å². The lowest BCUT2D eigenvalue weighted by molar-refractivity contribution is 0.111. The summed E-state index contributed by atoms with van der Waals surface area (Å²) in [7, 11) is 0. The minimum Gasteiger partial charge on any atom is -0.392 e. The van der Waals surface area contributed by atoms with Crippen molar-refractivity contribution in [2.45, 2.75) is 69.6 Å². The molecule has 0 radical (unpaired) electrons. The van der Waals surface area contributed by atoms with Crippen LogP contribution in [-0.2, 0) is 6.42 Å². The van der Waals surface area contributed by atoms with Crippen LogP contribution in [-0.4, -0.2) is 22.2 Å². The van der Waals surface area contributed by atoms with Crippen molar-refractivity contribution in [1.82, 2.24) is 10.3 Å². The zero-order chi connectivity index (χ0) is 13.1. The molecule has 0 spiro atoms. The van der Waals surface area contributed by atoms with Gasteiger partial charge in [-0.1, -0.05) is 25.3 Å². The molecule has 1 aromatic rings. The predicted octanol–water partition coefficient (Wildman–Crippen LogP) is 2.74. The normalized spacial score (nSPS) is 31.5. The average molecular weight is 260 g/mol. The van der Waals surface area contributed by atoms with E-state index >= 15 is 0 Å². The van der Waals surface area contributed by atoms with Crippen LogP contribution in [0.5, 0.6) is 0 Å². The molecule has 104 valence electrons. The largest absolute Gasteiger partial charge is 0.392 e. The van der Waals surface area contributed by atoms with Crippen LogP contribution in [0, 0.1) is 0 Å². The summed E-state index contributed by atoms with van der Waals surface area (Å²) in [4.78, 5) is 4.57. The predicted molar refractivity (Wildman–Crippen MR) is 75.9 cm³/mol. The fourth-order valence-corrected chi connectivity index (χ4v) is 3.51. The molecule has 2 aliphatic carbocycles. The van der Waals surface area contributed by atoms with Crippen molar-refractivity contribution in [2.24, 2.45) is 0 Å². The van der Waals surface area contributed by atoms with Gasteiger partial charge in [-0.3, -0.25) is 4.98 Å². The van der Waals surface area contributed by atoms with E-state index < -0.39 is 0 Å². The molecule has 0 amide bonds. The van der Waals surface area contributed by atoms with Crippen LogP contribution >= 0.6 is 0 Å². The number of aliphatic hydroxyl groups is 1. The highest BCUT2D eigenvalue weighted by Crippen LogP contribution is 2.29. The highest BCUT2D eigenvalue weighted by Gasteiger charge is 2.27. The van der Waals surface area contributed by atoms with E-state index in [0.29, 0.717) is 6.04 Å². The second kappa shape index (κ2) is 6.02. The first-order chi connectivity index (χ1) is 9.34. The minimum atomic E-state index is -0.184. The van der Waals surface area contributed by atoms with Crippen molar-refractivity contribution in [3.05, 3.63) is 29.6 Å². The van der Waals surface area contributed by atoms with Crippen LogP contribution < -0.4 is 5.32 Å². The molecule has 0 saturated heterocycles. The minimum absolute atomic E-state index is 0.184. The van der Waals surface area contributed by atoms with Gasteiger partial charge in [0.05, 0.1) is 17.8 Å². The fourth-order valence-electron chi connectivity index (χ4n) is 3.51. The van der Waals surface area contributed by atoms with Gasteiger partial charge in [0.15, 0.2) is 0 Å². The van der Waals surface area contributed by atoms with Gasteiger partial charge in [-0.2, -0.15) is 0 Å². The lowest BCUT2D eigenvalue weighted by Crippen LogP contribution is -2.42. The summed E-state index contributed by atoms with van der Waals surface area (Å²) in [6, 6.07) is 4.81. The van der Waals surface area contributed by atoms with E-state index in [4.69, 9.17) is 0 Å². The Kier molecular flexibility index (Phi) is 4.14. The van der Waals surface area contributed by atoms with E-state index in [1.807, 2.05) is 12.3 Å². The third-order valence-corrected chi connectivity index (χ3v) is 4.59. The molecule has 1 heterocycles. The maximum Gasteiger partial charge on any atom is 0.0693 e. The summed E-state index contributed by atoms with van der Waals surface area (Å²) < 4.78 is 0. The van der Waals surface area contributed by atoms with Crippen LogP contribution in [0.3, 0.4) is 0 Å². The lowest BCUT2D eigenvalue weighted by atomic mass is 9.90. The highest BCUT2D eigenvalue weighted by atomic mass is 16.3. The SMILES string of the molecule is OC1CCCCCC1NC1CCCc2cccnc21. The first-order valence-corrected chi connectivity index (χ1v) is 7.72. The molecule has 0 aliphatic heterocycles. The van der Waals surface area contributed by atoms with Crippen molar-refractivity contribution in [3.63, 3.8) is 0 Å². The molecule has 1 fully saturated rings. The number of rotatable bonds is 2. The van der Waals surface area contributed by atoms with Gasteiger partial charge in [-0.15, -0.1) is 0 Å². The van der Waals surface area contributed by atoms with Gasteiger partial charge in [-0.05, 0) is 43.7 Å². The van der Waals surface area contributed by atoms with Crippen LogP contribution in [0.1, 0.15) is 62.2 Å². The highest BCUT2D eigenvalue weighted by molar-refractivity contribution is 5.25. The summed E-state index contributed by atoms with van der Waals surface area (Å²) in [6.07, 6.45) is 10.9. The number of nitrogens with zero attached hydrogens (tertiary/aromatic N) is 1. The van der Waals surface area contributed by atoms with Crippen molar-refractivity contribution in [2.75, 3.05) is 0 Å². The molecule has 19 heavy (non-hydrogen) atoms. The lowest BCUT2D eigenvalue weighted by Gasteiger charge is -2.31. The Morgan fingerprint density at radius 3 is 2.95 bits per heavy atom. The zero-order valence-electron chi connectivity index (χ0n) is 11.5. The van der Waals surface area contributed by atoms with Gasteiger partial charge in [-0.25, -0.2) is 0 Å². The van der Waals surface area contributed by atoms with Gasteiger partial charge in [0.2, 0.25) is 0 Å². The first-order valence-electron chi connectivity index (χ1n) is 7.72. The molecule has 1 aromatic heterocycles. The average Bonchev–Trinajstić information content (AvgIpc) is 2.65. The maximum absolute atomic E-state index is 10.2. The second-order valence-corrected chi connectivity index (χ2v) is 5.97. The third kappa shape index (κ3) is 2.98. The summed E-state index contributed by atoms with van der Waals surface area (Å²) >= 11 is 0. The molecular formula is C16H24N2O. The van der Waals surface area contributed by atoms with Gasteiger partial charge < -0.3 is 10.4 Å². The number of aromatic nitrogens is 1. The van der Waals surface area contributed by atoms with E-state index in [1.54, 1.807) is 0 Å². The quantitative estimate of drug-likeness (QED) is 0.804. The van der Waals surface area contributed by atoms with Gasteiger partial charge in [0, 0.05) is 12.2 Å². The summed E-state index contributed by atoms with van der Waals surface area (Å²) in [5.74, 6) is 0. The summed E-state index contributed by atoms with van der Waals surface area (Å²) in [6.45, 7) is 0. The number of fused-ring (bicyclic) bond motifs is 1. The van der Waals surface area contributed by atoms with Crippen LogP contribution in [0.15, 0.2) is 18.3 Å². The standard InChI is InChI=1S/C16H24N2O/c19-15-10-3-1-2-8-13(15)18-14-9-4-6-12-7-5-11-17-16(12)14/h5,7,11,13-15,18-19H,1-4,6,8-10H2. The Balaban J connectivity index is 1.73. The van der Waals surface area contributed by atoms with E-state index in [1.165, 1.54) is 36.9 Å². The van der Waals surface area contributed by atoms with Crippen LogP contribution in [0.25, 0.3) is 0 Å². The number of hydrogen-bond donors (Lipinski definition) is 2. The zero-order valence-corrected chi connectivity index (χ0v) is 11.5. The molecular weight excluding hydrogens is 236 g/mol. The van der Waals surface area contributed by atoms with E-state index in [-0.39, 0.29) is 12.1 Å². The molecule has 0 bridgehead atoms. The third-order valence-electron chi connectivity index (χ3n) is 4.59. The summed E-state index contributed by atoms with van der Waals surface area (Å²) in [5.41, 5.74) is 2.60. The Morgan fingerprint density at radius 2 is 2.00 bits per heavy atom. The topological polar surface area (TPSA) is 45.1 Å². The van der Waals surface area contributed by atoms with Crippen LogP contribution in [0.2, 0.25) is 0 Å². The van der Waals surface area contributed by atoms with Crippen molar-refractivity contribution in [1.29, 1.82) is 0 Å². The van der Waals surface area contributed by atoms with E-state index in [0.717, 1.165) is 25.7 Å². The van der Waals surface area contributed by atoms with Crippen molar-refractivity contribution >= 4 is 0 Å². The molecule has 3 rings (SSSR count). The number of pyridine rings is 1. The van der Waals surface area contributed by atoms with Crippen LogP contribution in [0.4, 0.5) is 0 Å². The Hall–Kier alpha value is -0.930. The molecule has 3 heteroatoms. The molecule has 3 atom stereocenters. The Morgan fingerprint density at radius 1 is 1.11 bits per heavy atom. The van der Waals surface area contributed by atoms with Gasteiger partial charge >= 0.3 is 0 Å². The molecule has 2 aliphatic rings. The molecule has 1 saturated carbocycles. The second-order valence-electron chi connectivity index (χ2n) is 5.97. The number of aryl methyl sites for hydroxylation is 1. The first kappa shape index (κ1) is 13.1. The molecule has 0 aromatic carbocycles. The van der Waals surface area contributed by atoms with Gasteiger partial charge in [0.25, 0.3) is 0 Å². The number of nitrogens with one attached hydrogen (secondary N) is 1. The summed E-state index contributed by atoms with van der Waals surface area (Å²) in [5, 5.41) is 13.9. The number of hydrogen-bond acceptors (Lipinski definition) is 3. The smallest absolute Gasteiger partial charge is 0.0693 e. The molecule has 3 nitrogen and oxygen atoms in total. The van der Waals surface area contributed by atoms with Crippen molar-refractivity contribution in [3.8, 4) is 0 Å². The fraction of sp³-hybridized carbons (Fsp3) is 0.688. The monoisotopic (exact) mass is 260 g/mol. The molecule has 3 unspecified atom stereocenters. The Bertz CT molecular complexity index is 421. The maximum atomic E-state index is 10.2. The van der Waals surface area contributed by atoms with Crippen molar-refractivity contribution < 1.29 is 5.11 Å².